The van der Waals surface area contributed by atoms with Gasteiger partial charge in [0.1, 0.15) is 0 Å². The fourth-order valence-electron chi connectivity index (χ4n) is 2.43. The van der Waals surface area contributed by atoms with Gasteiger partial charge in [-0.25, -0.2) is 4.68 Å². The van der Waals surface area contributed by atoms with Crippen LogP contribution in [-0.2, 0) is 0 Å². The number of aromatic hydroxyl groups is 1. The lowest BCUT2D eigenvalue weighted by atomic mass is 10.1. The number of hydrogen-bond acceptors (Lipinski definition) is 6. The molecule has 24 heavy (non-hydrogen) atoms. The summed E-state index contributed by atoms with van der Waals surface area (Å²) in [5, 5.41) is 18.1. The van der Waals surface area contributed by atoms with Crippen LogP contribution in [0, 0.1) is 0 Å². The molecule has 7 nitrogen and oxygen atoms in total. The minimum Gasteiger partial charge on any atom is -0.504 e. The van der Waals surface area contributed by atoms with Crippen molar-refractivity contribution in [1.82, 2.24) is 15.0 Å². The van der Waals surface area contributed by atoms with Crippen LogP contribution in [0.4, 0.5) is 0 Å². The number of phenols is 1. The Morgan fingerprint density at radius 3 is 2.25 bits per heavy atom. The molecule has 0 aliphatic rings. The van der Waals surface area contributed by atoms with Gasteiger partial charge in [-0.15, -0.1) is 5.10 Å². The van der Waals surface area contributed by atoms with Crippen LogP contribution in [0.3, 0.4) is 0 Å². The largest absolute Gasteiger partial charge is 0.504 e. The van der Waals surface area contributed by atoms with Crippen molar-refractivity contribution in [2.75, 3.05) is 21.3 Å². The molecule has 0 amide bonds. The number of methoxy groups -OCH3 is 3. The standard InChI is InChI=1S/C17H17N3O4/c1-22-15-6-4-11(8-14(15)21)13-10-18-19-20(13)12-5-7-16(23-2)17(9-12)24-3/h4-10,21H,1-3H3. The molecule has 0 atom stereocenters. The maximum absolute atomic E-state index is 9.99. The third-order valence-electron chi connectivity index (χ3n) is 3.64. The number of phenolic OH excluding ortho intramolecular Hbond substituents is 1. The average molecular weight is 327 g/mol. The first-order chi connectivity index (χ1) is 11.7. The van der Waals surface area contributed by atoms with Gasteiger partial charge in [0.2, 0.25) is 0 Å². The van der Waals surface area contributed by atoms with Crippen molar-refractivity contribution < 1.29 is 19.3 Å². The SMILES string of the molecule is COc1ccc(-c2cnnn2-c2ccc(OC)c(OC)c2)cc1O. The number of hydrogen-bond donors (Lipinski definition) is 1. The molecular weight excluding hydrogens is 310 g/mol. The zero-order chi connectivity index (χ0) is 17.1. The van der Waals surface area contributed by atoms with Crippen molar-refractivity contribution in [1.29, 1.82) is 0 Å². The maximum Gasteiger partial charge on any atom is 0.162 e. The number of benzene rings is 2. The third-order valence-corrected chi connectivity index (χ3v) is 3.64. The smallest absolute Gasteiger partial charge is 0.162 e. The van der Waals surface area contributed by atoms with E-state index in [0.717, 1.165) is 16.9 Å². The molecule has 0 fully saturated rings. The van der Waals surface area contributed by atoms with Crippen LogP contribution in [-0.4, -0.2) is 41.4 Å². The van der Waals surface area contributed by atoms with Crippen LogP contribution in [0.5, 0.6) is 23.0 Å². The Labute approximate surface area is 139 Å². The van der Waals surface area contributed by atoms with Gasteiger partial charge in [0.25, 0.3) is 0 Å². The third kappa shape index (κ3) is 2.71. The van der Waals surface area contributed by atoms with Gasteiger partial charge in [-0.05, 0) is 30.3 Å². The summed E-state index contributed by atoms with van der Waals surface area (Å²) in [6.07, 6.45) is 1.62. The average Bonchev–Trinajstić information content (AvgIpc) is 3.10. The lowest BCUT2D eigenvalue weighted by molar-refractivity contribution is 0.354. The Bertz CT molecular complexity index is 861. The molecule has 1 heterocycles. The predicted octanol–water partition coefficient (Wildman–Crippen LogP) is 2.67. The summed E-state index contributed by atoms with van der Waals surface area (Å²) >= 11 is 0. The molecule has 0 aliphatic carbocycles. The van der Waals surface area contributed by atoms with Gasteiger partial charge < -0.3 is 19.3 Å². The Morgan fingerprint density at radius 1 is 0.875 bits per heavy atom. The molecule has 0 unspecified atom stereocenters. The minimum absolute atomic E-state index is 0.0510. The summed E-state index contributed by atoms with van der Waals surface area (Å²) in [5.41, 5.74) is 2.24. The number of rotatable bonds is 5. The predicted molar refractivity (Wildman–Crippen MR) is 88.1 cm³/mol. The van der Waals surface area contributed by atoms with Crippen LogP contribution in [0.2, 0.25) is 0 Å². The van der Waals surface area contributed by atoms with E-state index in [9.17, 15) is 5.11 Å². The van der Waals surface area contributed by atoms with E-state index in [-0.39, 0.29) is 5.75 Å². The van der Waals surface area contributed by atoms with Gasteiger partial charge in [-0.3, -0.25) is 0 Å². The highest BCUT2D eigenvalue weighted by atomic mass is 16.5. The topological polar surface area (TPSA) is 78.6 Å². The highest BCUT2D eigenvalue weighted by molar-refractivity contribution is 5.65. The molecule has 1 aromatic heterocycles. The summed E-state index contributed by atoms with van der Waals surface area (Å²) in [5.74, 6) is 1.68. The monoisotopic (exact) mass is 327 g/mol. The lowest BCUT2D eigenvalue weighted by Crippen LogP contribution is -2.01. The number of nitrogens with zero attached hydrogens (tertiary/aromatic N) is 3. The zero-order valence-electron chi connectivity index (χ0n) is 13.6. The second kappa shape index (κ2) is 6.49. The molecule has 3 rings (SSSR count). The molecule has 0 aliphatic heterocycles. The van der Waals surface area contributed by atoms with Gasteiger partial charge >= 0.3 is 0 Å². The van der Waals surface area contributed by atoms with Crippen molar-refractivity contribution in [3.05, 3.63) is 42.6 Å². The molecule has 0 saturated heterocycles. The van der Waals surface area contributed by atoms with E-state index in [4.69, 9.17) is 14.2 Å². The molecule has 3 aromatic rings. The Morgan fingerprint density at radius 2 is 1.58 bits per heavy atom. The molecule has 0 bridgehead atoms. The molecular formula is C17H17N3O4. The highest BCUT2D eigenvalue weighted by Crippen LogP contribution is 2.33. The van der Waals surface area contributed by atoms with E-state index in [1.165, 1.54) is 7.11 Å². The van der Waals surface area contributed by atoms with Gasteiger partial charge in [0.05, 0.1) is 38.9 Å². The Hall–Kier alpha value is -3.22. The van der Waals surface area contributed by atoms with Crippen molar-refractivity contribution in [3.8, 4) is 39.9 Å². The quantitative estimate of drug-likeness (QED) is 0.776. The molecule has 0 saturated carbocycles. The fourth-order valence-corrected chi connectivity index (χ4v) is 2.43. The molecule has 0 spiro atoms. The summed E-state index contributed by atoms with van der Waals surface area (Å²) < 4.78 is 17.3. The molecule has 7 heteroatoms. The molecule has 124 valence electrons. The summed E-state index contributed by atoms with van der Waals surface area (Å²) in [6.45, 7) is 0. The highest BCUT2D eigenvalue weighted by Gasteiger charge is 2.13. The van der Waals surface area contributed by atoms with Gasteiger partial charge in [-0.1, -0.05) is 5.21 Å². The first kappa shape index (κ1) is 15.7. The van der Waals surface area contributed by atoms with E-state index in [1.54, 1.807) is 49.4 Å². The van der Waals surface area contributed by atoms with E-state index in [1.807, 2.05) is 12.1 Å². The van der Waals surface area contributed by atoms with Gasteiger partial charge in [0, 0.05) is 11.6 Å². The van der Waals surface area contributed by atoms with Crippen LogP contribution in [0.1, 0.15) is 0 Å². The Kier molecular flexibility index (Phi) is 4.24. The summed E-state index contributed by atoms with van der Waals surface area (Å²) in [7, 11) is 4.66. The lowest BCUT2D eigenvalue weighted by Gasteiger charge is -2.11. The first-order valence-electron chi connectivity index (χ1n) is 7.18. The van der Waals surface area contributed by atoms with Crippen molar-refractivity contribution >= 4 is 0 Å². The van der Waals surface area contributed by atoms with Gasteiger partial charge in [-0.2, -0.15) is 0 Å². The van der Waals surface area contributed by atoms with Crippen LogP contribution in [0.15, 0.2) is 42.6 Å². The number of ether oxygens (including phenoxy) is 3. The minimum atomic E-state index is 0.0510. The van der Waals surface area contributed by atoms with Crippen LogP contribution < -0.4 is 14.2 Å². The van der Waals surface area contributed by atoms with Crippen LogP contribution in [0.25, 0.3) is 16.9 Å². The van der Waals surface area contributed by atoms with Crippen molar-refractivity contribution in [3.63, 3.8) is 0 Å². The maximum atomic E-state index is 9.99. The van der Waals surface area contributed by atoms with E-state index in [0.29, 0.717) is 17.2 Å². The second-order valence-corrected chi connectivity index (χ2v) is 4.96. The summed E-state index contributed by atoms with van der Waals surface area (Å²) in [4.78, 5) is 0. The normalized spacial score (nSPS) is 10.5. The molecule has 0 radical (unpaired) electrons. The summed E-state index contributed by atoms with van der Waals surface area (Å²) in [6, 6.07) is 10.6. The second-order valence-electron chi connectivity index (χ2n) is 4.96. The van der Waals surface area contributed by atoms with E-state index < -0.39 is 0 Å². The molecule has 1 N–H and O–H groups in total. The number of aromatic nitrogens is 3. The molecule has 2 aromatic carbocycles. The fraction of sp³-hybridized carbons (Fsp3) is 0.176. The van der Waals surface area contributed by atoms with E-state index in [2.05, 4.69) is 10.3 Å². The zero-order valence-corrected chi connectivity index (χ0v) is 13.6. The Balaban J connectivity index is 2.06. The van der Waals surface area contributed by atoms with Crippen molar-refractivity contribution in [2.45, 2.75) is 0 Å². The first-order valence-corrected chi connectivity index (χ1v) is 7.18. The van der Waals surface area contributed by atoms with E-state index >= 15 is 0 Å². The van der Waals surface area contributed by atoms with Crippen molar-refractivity contribution in [2.24, 2.45) is 0 Å². The van der Waals surface area contributed by atoms with Crippen LogP contribution >= 0.6 is 0 Å². The van der Waals surface area contributed by atoms with Gasteiger partial charge in [0.15, 0.2) is 23.0 Å².